The first kappa shape index (κ1) is 17.4. The first-order valence-electron chi connectivity index (χ1n) is 6.70. The summed E-state index contributed by atoms with van der Waals surface area (Å²) in [7, 11) is 0. The molecular formula is C15H18N2O5. The third kappa shape index (κ3) is 6.67. The van der Waals surface area contributed by atoms with E-state index < -0.39 is 17.8 Å². The maximum absolute atomic E-state index is 12.0. The topological polar surface area (TPSA) is 116 Å². The summed E-state index contributed by atoms with van der Waals surface area (Å²) in [5.41, 5.74) is 5.43. The van der Waals surface area contributed by atoms with Crippen molar-refractivity contribution in [1.29, 1.82) is 0 Å². The Hall–Kier alpha value is -2.67. The molecule has 0 aliphatic carbocycles. The number of aliphatic hydroxyl groups excluding tert-OH is 1. The predicted octanol–water partition coefficient (Wildman–Crippen LogP) is 0.465. The molecule has 0 saturated heterocycles. The molecule has 4 N–H and O–H groups in total. The van der Waals surface area contributed by atoms with E-state index in [1.54, 1.807) is 18.2 Å². The first-order chi connectivity index (χ1) is 10.5. The molecule has 7 nitrogen and oxygen atoms in total. The number of carbonyl (C=O) groups excluding carboxylic acids is 2. The third-order valence-electron chi connectivity index (χ3n) is 2.69. The molecule has 0 fully saturated rings. The van der Waals surface area contributed by atoms with Gasteiger partial charge < -0.3 is 10.2 Å². The molecule has 0 unspecified atom stereocenters. The van der Waals surface area contributed by atoms with Gasteiger partial charge in [-0.15, -0.1) is 0 Å². The Kier molecular flexibility index (Phi) is 7.35. The van der Waals surface area contributed by atoms with Crippen molar-refractivity contribution in [2.24, 2.45) is 0 Å². The van der Waals surface area contributed by atoms with Crippen LogP contribution in [0.3, 0.4) is 0 Å². The van der Waals surface area contributed by atoms with E-state index in [9.17, 15) is 14.4 Å². The van der Waals surface area contributed by atoms with E-state index in [1.165, 1.54) is 0 Å². The fourth-order valence-corrected chi connectivity index (χ4v) is 1.61. The molecule has 0 aromatic heterocycles. The van der Waals surface area contributed by atoms with E-state index in [2.05, 4.69) is 10.9 Å². The molecule has 118 valence electrons. The van der Waals surface area contributed by atoms with Gasteiger partial charge in [-0.1, -0.05) is 30.3 Å². The Labute approximate surface area is 127 Å². The van der Waals surface area contributed by atoms with Crippen molar-refractivity contribution < 1.29 is 24.6 Å². The Morgan fingerprint density at radius 1 is 1.00 bits per heavy atom. The van der Waals surface area contributed by atoms with Crippen LogP contribution in [0.5, 0.6) is 0 Å². The zero-order valence-corrected chi connectivity index (χ0v) is 11.9. The molecule has 1 aromatic carbocycles. The van der Waals surface area contributed by atoms with Crippen molar-refractivity contribution in [2.45, 2.75) is 19.3 Å². The molecule has 0 heterocycles. The minimum atomic E-state index is -1.09. The highest BCUT2D eigenvalue weighted by Gasteiger charge is 2.11. The summed E-state index contributed by atoms with van der Waals surface area (Å²) < 4.78 is 0. The van der Waals surface area contributed by atoms with Crippen LogP contribution in [0.1, 0.15) is 24.8 Å². The molecular weight excluding hydrogens is 288 g/mol. The van der Waals surface area contributed by atoms with E-state index in [0.29, 0.717) is 5.57 Å². The summed E-state index contributed by atoms with van der Waals surface area (Å²) >= 11 is 0. The Bertz CT molecular complexity index is 554. The number of carbonyl (C=O) groups is 3. The molecule has 0 saturated carbocycles. The number of hydrogen-bond donors (Lipinski definition) is 4. The SMILES string of the molecule is O=C(O)CCC(=O)NNC(=O)/C(=C/c1ccccc1)CCO. The standard InChI is InChI=1S/C15H18N2O5/c18-9-8-12(10-11-4-2-1-3-5-11)15(22)17-16-13(19)6-7-14(20)21/h1-5,10,18H,6-9H2,(H,16,19)(H,17,22)(H,20,21)/b12-10+. The number of carboxylic acids is 1. The van der Waals surface area contributed by atoms with Gasteiger partial charge in [0.25, 0.3) is 5.91 Å². The van der Waals surface area contributed by atoms with Crippen molar-refractivity contribution in [3.05, 3.63) is 41.5 Å². The van der Waals surface area contributed by atoms with E-state index >= 15 is 0 Å². The smallest absolute Gasteiger partial charge is 0.303 e. The number of rotatable bonds is 7. The van der Waals surface area contributed by atoms with Gasteiger partial charge in [-0.25, -0.2) is 0 Å². The van der Waals surface area contributed by atoms with Crippen molar-refractivity contribution in [3.8, 4) is 0 Å². The Morgan fingerprint density at radius 3 is 2.27 bits per heavy atom. The summed E-state index contributed by atoms with van der Waals surface area (Å²) in [6.45, 7) is -0.209. The minimum Gasteiger partial charge on any atom is -0.481 e. The molecule has 22 heavy (non-hydrogen) atoms. The Morgan fingerprint density at radius 2 is 1.68 bits per heavy atom. The molecule has 0 spiro atoms. The van der Waals surface area contributed by atoms with E-state index in [0.717, 1.165) is 5.56 Å². The van der Waals surface area contributed by atoms with Crippen molar-refractivity contribution >= 4 is 23.9 Å². The lowest BCUT2D eigenvalue weighted by molar-refractivity contribution is -0.139. The van der Waals surface area contributed by atoms with Gasteiger partial charge in [0.2, 0.25) is 5.91 Å². The first-order valence-corrected chi connectivity index (χ1v) is 6.70. The fourth-order valence-electron chi connectivity index (χ4n) is 1.61. The van der Waals surface area contributed by atoms with E-state index in [1.807, 2.05) is 18.2 Å². The number of aliphatic hydroxyl groups is 1. The number of nitrogens with one attached hydrogen (secondary N) is 2. The highest BCUT2D eigenvalue weighted by atomic mass is 16.4. The lowest BCUT2D eigenvalue weighted by atomic mass is 10.1. The number of carboxylic acid groups (broad SMARTS) is 1. The average molecular weight is 306 g/mol. The van der Waals surface area contributed by atoms with Crippen molar-refractivity contribution in [1.82, 2.24) is 10.9 Å². The van der Waals surface area contributed by atoms with E-state index in [4.69, 9.17) is 10.2 Å². The third-order valence-corrected chi connectivity index (χ3v) is 2.69. The quantitative estimate of drug-likeness (QED) is 0.431. The number of amides is 2. The summed E-state index contributed by atoms with van der Waals surface area (Å²) in [6.07, 6.45) is 1.19. The van der Waals surface area contributed by atoms with Gasteiger partial charge in [-0.05, 0) is 11.6 Å². The zero-order chi connectivity index (χ0) is 16.4. The second-order valence-electron chi connectivity index (χ2n) is 4.45. The zero-order valence-electron chi connectivity index (χ0n) is 11.9. The normalized spacial score (nSPS) is 10.9. The number of aliphatic carboxylic acids is 1. The molecule has 2 amide bonds. The monoisotopic (exact) mass is 306 g/mol. The predicted molar refractivity (Wildman–Crippen MR) is 79.3 cm³/mol. The molecule has 0 bridgehead atoms. The second kappa shape index (κ2) is 9.30. The van der Waals surface area contributed by atoms with Gasteiger partial charge in [0, 0.05) is 25.0 Å². The van der Waals surface area contributed by atoms with Gasteiger partial charge in [0.1, 0.15) is 0 Å². The van der Waals surface area contributed by atoms with Crippen LogP contribution in [-0.2, 0) is 14.4 Å². The van der Waals surface area contributed by atoms with Crippen LogP contribution in [0, 0.1) is 0 Å². The van der Waals surface area contributed by atoms with Crippen molar-refractivity contribution in [3.63, 3.8) is 0 Å². The summed E-state index contributed by atoms with van der Waals surface area (Å²) in [5.74, 6) is -2.24. The van der Waals surface area contributed by atoms with Gasteiger partial charge in [0.15, 0.2) is 0 Å². The van der Waals surface area contributed by atoms with Crippen molar-refractivity contribution in [2.75, 3.05) is 6.61 Å². The molecule has 7 heteroatoms. The fraction of sp³-hybridized carbons (Fsp3) is 0.267. The highest BCUT2D eigenvalue weighted by Crippen LogP contribution is 2.09. The lowest BCUT2D eigenvalue weighted by Gasteiger charge is -2.09. The Balaban J connectivity index is 2.60. The van der Waals surface area contributed by atoms with Crippen LogP contribution in [0.2, 0.25) is 0 Å². The molecule has 0 aliphatic heterocycles. The van der Waals surface area contributed by atoms with Gasteiger partial charge in [-0.3, -0.25) is 25.2 Å². The van der Waals surface area contributed by atoms with Crippen LogP contribution in [0.25, 0.3) is 6.08 Å². The van der Waals surface area contributed by atoms with Crippen LogP contribution in [0.15, 0.2) is 35.9 Å². The molecule has 0 radical (unpaired) electrons. The van der Waals surface area contributed by atoms with E-state index in [-0.39, 0.29) is 25.9 Å². The molecule has 1 aromatic rings. The van der Waals surface area contributed by atoms with Gasteiger partial charge in [-0.2, -0.15) is 0 Å². The molecule has 0 aliphatic rings. The maximum atomic E-state index is 12.0. The number of hydrogen-bond acceptors (Lipinski definition) is 4. The van der Waals surface area contributed by atoms with Gasteiger partial charge in [0.05, 0.1) is 6.42 Å². The lowest BCUT2D eigenvalue weighted by Crippen LogP contribution is -2.42. The van der Waals surface area contributed by atoms with Crippen LogP contribution >= 0.6 is 0 Å². The van der Waals surface area contributed by atoms with Crippen LogP contribution in [-0.4, -0.2) is 34.6 Å². The molecule has 1 rings (SSSR count). The summed E-state index contributed by atoms with van der Waals surface area (Å²) in [4.78, 5) is 33.6. The second-order valence-corrected chi connectivity index (χ2v) is 4.45. The summed E-state index contributed by atoms with van der Waals surface area (Å²) in [6, 6.07) is 9.07. The summed E-state index contributed by atoms with van der Waals surface area (Å²) in [5, 5.41) is 17.5. The van der Waals surface area contributed by atoms with Crippen LogP contribution < -0.4 is 10.9 Å². The number of hydrazine groups is 1. The highest BCUT2D eigenvalue weighted by molar-refractivity contribution is 5.98. The van der Waals surface area contributed by atoms with Gasteiger partial charge >= 0.3 is 5.97 Å². The van der Waals surface area contributed by atoms with Crippen LogP contribution in [0.4, 0.5) is 0 Å². The number of benzene rings is 1. The molecule has 0 atom stereocenters. The average Bonchev–Trinajstić information content (AvgIpc) is 2.51. The largest absolute Gasteiger partial charge is 0.481 e. The maximum Gasteiger partial charge on any atom is 0.303 e. The minimum absolute atomic E-state index is 0.131.